The fourth-order valence-corrected chi connectivity index (χ4v) is 4.51. The van der Waals surface area contributed by atoms with E-state index in [0.717, 1.165) is 25.7 Å². The molecule has 1 aromatic rings. The molecule has 1 aromatic carbocycles. The quantitative estimate of drug-likeness (QED) is 0.756. The lowest BCUT2D eigenvalue weighted by Crippen LogP contribution is -2.38. The summed E-state index contributed by atoms with van der Waals surface area (Å²) in [7, 11) is -1.89. The Bertz CT molecular complexity index is 725. The maximum Gasteiger partial charge on any atom is 0.243 e. The molecular weight excluding hydrogens is 354 g/mol. The first-order valence-corrected chi connectivity index (χ1v) is 10.4. The number of carbonyl (C=O) groups excluding carboxylic acids is 2. The van der Waals surface area contributed by atoms with Gasteiger partial charge in [0.05, 0.1) is 4.90 Å². The first kappa shape index (κ1) is 20.4. The Labute approximate surface area is 155 Å². The third-order valence-corrected chi connectivity index (χ3v) is 6.55. The number of rotatable bonds is 7. The van der Waals surface area contributed by atoms with Crippen LogP contribution in [0.4, 0.5) is 5.69 Å². The smallest absolute Gasteiger partial charge is 0.243 e. The van der Waals surface area contributed by atoms with Crippen molar-refractivity contribution in [1.82, 2.24) is 9.62 Å². The third kappa shape index (κ3) is 5.54. The molecule has 2 amide bonds. The summed E-state index contributed by atoms with van der Waals surface area (Å²) in [5, 5.41) is 5.24. The van der Waals surface area contributed by atoms with Crippen LogP contribution in [0.25, 0.3) is 0 Å². The van der Waals surface area contributed by atoms with Gasteiger partial charge in [0, 0.05) is 38.7 Å². The largest absolute Gasteiger partial charge is 0.356 e. The Morgan fingerprint density at radius 1 is 1.12 bits per heavy atom. The van der Waals surface area contributed by atoms with Gasteiger partial charge in [-0.2, -0.15) is 4.31 Å². The maximum atomic E-state index is 12.8. The van der Waals surface area contributed by atoms with Gasteiger partial charge in [-0.05, 0) is 37.1 Å². The number of anilines is 1. The fraction of sp³-hybridized carbons (Fsp3) is 0.556. The van der Waals surface area contributed by atoms with E-state index in [0.29, 0.717) is 5.69 Å². The van der Waals surface area contributed by atoms with Gasteiger partial charge in [0.15, 0.2) is 0 Å². The van der Waals surface area contributed by atoms with Crippen LogP contribution in [0.2, 0.25) is 0 Å². The standard InChI is InChI=1S/C18H27N3O4S/c1-14(22)19-13-12-18(23)20-15-8-10-17(11-9-15)26(24,25)21(2)16-6-4-3-5-7-16/h8-11,16H,3-7,12-13H2,1-2H3,(H,19,22)(H,20,23). The first-order valence-electron chi connectivity index (χ1n) is 8.93. The zero-order chi connectivity index (χ0) is 19.2. The van der Waals surface area contributed by atoms with Crippen LogP contribution in [0.3, 0.4) is 0 Å². The van der Waals surface area contributed by atoms with Crippen LogP contribution in [0.15, 0.2) is 29.2 Å². The minimum absolute atomic E-state index is 0.0573. The van der Waals surface area contributed by atoms with E-state index in [4.69, 9.17) is 0 Å². The second-order valence-corrected chi connectivity index (χ2v) is 8.62. The summed E-state index contributed by atoms with van der Waals surface area (Å²) < 4.78 is 27.0. The second kappa shape index (κ2) is 9.14. The van der Waals surface area contributed by atoms with Gasteiger partial charge in [0.2, 0.25) is 21.8 Å². The lowest BCUT2D eigenvalue weighted by atomic mass is 9.96. The van der Waals surface area contributed by atoms with E-state index in [2.05, 4.69) is 10.6 Å². The van der Waals surface area contributed by atoms with Gasteiger partial charge in [-0.1, -0.05) is 19.3 Å². The highest BCUT2D eigenvalue weighted by Crippen LogP contribution is 2.26. The average molecular weight is 381 g/mol. The monoisotopic (exact) mass is 381 g/mol. The third-order valence-electron chi connectivity index (χ3n) is 4.63. The Morgan fingerprint density at radius 3 is 2.31 bits per heavy atom. The molecule has 0 radical (unpaired) electrons. The van der Waals surface area contributed by atoms with Gasteiger partial charge >= 0.3 is 0 Å². The summed E-state index contributed by atoms with van der Waals surface area (Å²) in [5.41, 5.74) is 0.525. The van der Waals surface area contributed by atoms with Crippen LogP contribution in [0.1, 0.15) is 45.4 Å². The number of sulfonamides is 1. The van der Waals surface area contributed by atoms with E-state index in [1.165, 1.54) is 29.8 Å². The summed E-state index contributed by atoms with van der Waals surface area (Å²) in [6, 6.07) is 6.24. The average Bonchev–Trinajstić information content (AvgIpc) is 2.62. The molecule has 7 nitrogen and oxygen atoms in total. The predicted octanol–water partition coefficient (Wildman–Crippen LogP) is 2.10. The Morgan fingerprint density at radius 2 is 1.73 bits per heavy atom. The molecule has 144 valence electrons. The normalized spacial score (nSPS) is 15.7. The molecule has 26 heavy (non-hydrogen) atoms. The molecule has 0 unspecified atom stereocenters. The highest BCUT2D eigenvalue weighted by molar-refractivity contribution is 7.89. The minimum atomic E-state index is -3.53. The number of hydrogen-bond acceptors (Lipinski definition) is 4. The van der Waals surface area contributed by atoms with Gasteiger partial charge in [-0.15, -0.1) is 0 Å². The number of carbonyl (C=O) groups is 2. The molecule has 0 saturated heterocycles. The molecule has 1 saturated carbocycles. The van der Waals surface area contributed by atoms with Gasteiger partial charge < -0.3 is 10.6 Å². The van der Waals surface area contributed by atoms with Crippen molar-refractivity contribution in [3.05, 3.63) is 24.3 Å². The predicted molar refractivity (Wildman–Crippen MR) is 100 cm³/mol. The van der Waals surface area contributed by atoms with Gasteiger partial charge in [-0.3, -0.25) is 9.59 Å². The van der Waals surface area contributed by atoms with Crippen molar-refractivity contribution in [2.24, 2.45) is 0 Å². The van der Waals surface area contributed by atoms with E-state index in [1.807, 2.05) is 0 Å². The van der Waals surface area contributed by atoms with Crippen LogP contribution < -0.4 is 10.6 Å². The number of amides is 2. The highest BCUT2D eigenvalue weighted by Gasteiger charge is 2.28. The van der Waals surface area contributed by atoms with Crippen LogP contribution >= 0.6 is 0 Å². The molecule has 0 heterocycles. The summed E-state index contributed by atoms with van der Waals surface area (Å²) in [5.74, 6) is -0.428. The Kier molecular flexibility index (Phi) is 7.16. The number of hydrogen-bond donors (Lipinski definition) is 2. The lowest BCUT2D eigenvalue weighted by Gasteiger charge is -2.30. The van der Waals surface area contributed by atoms with Gasteiger partial charge in [-0.25, -0.2) is 8.42 Å². The Balaban J connectivity index is 1.97. The molecule has 2 N–H and O–H groups in total. The first-order chi connectivity index (χ1) is 12.3. The van der Waals surface area contributed by atoms with E-state index in [-0.39, 0.29) is 35.7 Å². The molecule has 0 aliphatic heterocycles. The fourth-order valence-electron chi connectivity index (χ4n) is 3.09. The summed E-state index contributed by atoms with van der Waals surface area (Å²) in [6.07, 6.45) is 5.25. The zero-order valence-corrected chi connectivity index (χ0v) is 16.1. The molecule has 8 heteroatoms. The molecule has 0 bridgehead atoms. The van der Waals surface area contributed by atoms with Crippen molar-refractivity contribution in [2.45, 2.75) is 56.4 Å². The van der Waals surface area contributed by atoms with Gasteiger partial charge in [0.1, 0.15) is 0 Å². The number of nitrogens with one attached hydrogen (secondary N) is 2. The van der Waals surface area contributed by atoms with Crippen molar-refractivity contribution < 1.29 is 18.0 Å². The SMILES string of the molecule is CC(=O)NCCC(=O)Nc1ccc(S(=O)(=O)N(C)C2CCCCC2)cc1. The van der Waals surface area contributed by atoms with Crippen LogP contribution in [0, 0.1) is 0 Å². The van der Waals surface area contributed by atoms with Crippen molar-refractivity contribution in [2.75, 3.05) is 18.9 Å². The summed E-state index contributed by atoms with van der Waals surface area (Å²) in [4.78, 5) is 22.8. The van der Waals surface area contributed by atoms with Crippen LogP contribution in [-0.2, 0) is 19.6 Å². The van der Waals surface area contributed by atoms with Crippen molar-refractivity contribution in [1.29, 1.82) is 0 Å². The lowest BCUT2D eigenvalue weighted by molar-refractivity contribution is -0.119. The molecule has 1 fully saturated rings. The maximum absolute atomic E-state index is 12.8. The van der Waals surface area contributed by atoms with Crippen LogP contribution in [-0.4, -0.2) is 44.2 Å². The second-order valence-electron chi connectivity index (χ2n) is 6.62. The number of nitrogens with zero attached hydrogens (tertiary/aromatic N) is 1. The summed E-state index contributed by atoms with van der Waals surface area (Å²) in [6.45, 7) is 1.65. The molecule has 0 aromatic heterocycles. The van der Waals surface area contributed by atoms with E-state index < -0.39 is 10.0 Å². The topological polar surface area (TPSA) is 95.6 Å². The van der Waals surface area contributed by atoms with E-state index in [1.54, 1.807) is 19.2 Å². The van der Waals surface area contributed by atoms with E-state index >= 15 is 0 Å². The zero-order valence-electron chi connectivity index (χ0n) is 15.3. The molecule has 1 aliphatic carbocycles. The minimum Gasteiger partial charge on any atom is -0.356 e. The van der Waals surface area contributed by atoms with Gasteiger partial charge in [0.25, 0.3) is 0 Å². The van der Waals surface area contributed by atoms with E-state index in [9.17, 15) is 18.0 Å². The molecule has 1 aliphatic rings. The van der Waals surface area contributed by atoms with Crippen molar-refractivity contribution in [3.8, 4) is 0 Å². The van der Waals surface area contributed by atoms with Crippen molar-refractivity contribution >= 4 is 27.5 Å². The highest BCUT2D eigenvalue weighted by atomic mass is 32.2. The molecule has 2 rings (SSSR count). The van der Waals surface area contributed by atoms with Crippen molar-refractivity contribution in [3.63, 3.8) is 0 Å². The molecular formula is C18H27N3O4S. The number of benzene rings is 1. The Hall–Kier alpha value is -1.93. The van der Waals surface area contributed by atoms with Crippen LogP contribution in [0.5, 0.6) is 0 Å². The summed E-state index contributed by atoms with van der Waals surface area (Å²) >= 11 is 0. The molecule has 0 spiro atoms. The molecule has 0 atom stereocenters.